The summed E-state index contributed by atoms with van der Waals surface area (Å²) in [5.74, 6) is 0.241. The number of aromatic amines is 1. The van der Waals surface area contributed by atoms with E-state index < -0.39 is 6.10 Å². The van der Waals surface area contributed by atoms with Crippen LogP contribution < -0.4 is 11.2 Å². The molecule has 0 spiro atoms. The summed E-state index contributed by atoms with van der Waals surface area (Å²) in [6.07, 6.45) is 1.37. The van der Waals surface area contributed by atoms with Crippen LogP contribution in [0.5, 0.6) is 0 Å². The highest BCUT2D eigenvalue weighted by atomic mass is 16.3. The molecule has 0 amide bonds. The van der Waals surface area contributed by atoms with Gasteiger partial charge in [-0.05, 0) is 49.5 Å². The molecule has 2 N–H and O–H groups in total. The van der Waals surface area contributed by atoms with Gasteiger partial charge in [-0.1, -0.05) is 42.5 Å². The smallest absolute Gasteiger partial charge is 0.328 e. The fourth-order valence-electron chi connectivity index (χ4n) is 4.06. The fourth-order valence-corrected chi connectivity index (χ4v) is 4.06. The van der Waals surface area contributed by atoms with Gasteiger partial charge in [-0.3, -0.25) is 9.36 Å². The second kappa shape index (κ2) is 8.12. The van der Waals surface area contributed by atoms with E-state index in [2.05, 4.69) is 9.88 Å². The van der Waals surface area contributed by atoms with Crippen molar-refractivity contribution in [2.45, 2.75) is 25.5 Å². The van der Waals surface area contributed by atoms with Crippen LogP contribution in [-0.4, -0.2) is 39.2 Å². The van der Waals surface area contributed by atoms with Crippen LogP contribution in [0.15, 0.2) is 64.2 Å². The van der Waals surface area contributed by atoms with Crippen molar-refractivity contribution in [2.24, 2.45) is 5.92 Å². The number of nitrogens with one attached hydrogen (secondary N) is 1. The monoisotopic (exact) mass is 379 g/mol. The van der Waals surface area contributed by atoms with Crippen molar-refractivity contribution in [1.82, 2.24) is 14.5 Å². The van der Waals surface area contributed by atoms with Crippen molar-refractivity contribution in [3.63, 3.8) is 0 Å². The molecule has 1 unspecified atom stereocenters. The number of nitrogens with zero attached hydrogens (tertiary/aromatic N) is 2. The van der Waals surface area contributed by atoms with E-state index in [1.807, 2.05) is 30.3 Å². The first-order chi connectivity index (χ1) is 13.6. The minimum Gasteiger partial charge on any atom is -0.388 e. The van der Waals surface area contributed by atoms with Crippen molar-refractivity contribution in [2.75, 3.05) is 19.6 Å². The molecule has 0 radical (unpaired) electrons. The summed E-state index contributed by atoms with van der Waals surface area (Å²) in [5.41, 5.74) is 0.937. The molecular weight excluding hydrogens is 354 g/mol. The van der Waals surface area contributed by atoms with Crippen LogP contribution >= 0.6 is 0 Å². The lowest BCUT2D eigenvalue weighted by Gasteiger charge is -2.34. The Balaban J connectivity index is 1.38. The molecule has 0 saturated carbocycles. The summed E-state index contributed by atoms with van der Waals surface area (Å²) in [6, 6.07) is 16.9. The van der Waals surface area contributed by atoms with Crippen LogP contribution in [-0.2, 0) is 6.54 Å². The quantitative estimate of drug-likeness (QED) is 0.712. The highest BCUT2D eigenvalue weighted by Gasteiger charge is 2.26. The Hall–Kier alpha value is -2.70. The number of H-pyrrole nitrogens is 1. The lowest BCUT2D eigenvalue weighted by atomic mass is 9.87. The topological polar surface area (TPSA) is 78.3 Å². The van der Waals surface area contributed by atoms with Crippen LogP contribution in [0.3, 0.4) is 0 Å². The standard InChI is InChI=1S/C22H25N3O3/c26-20(16-6-2-1-3-7-16)17-10-12-24(13-11-17)14-15-25-21(27)18-8-4-5-9-19(18)23-22(25)28/h1-9,17,20,26H,10-15H2,(H,23,28). The van der Waals surface area contributed by atoms with Gasteiger partial charge >= 0.3 is 5.69 Å². The highest BCUT2D eigenvalue weighted by molar-refractivity contribution is 5.76. The van der Waals surface area contributed by atoms with E-state index in [0.717, 1.165) is 31.5 Å². The first kappa shape index (κ1) is 18.7. The van der Waals surface area contributed by atoms with Crippen LogP contribution in [0.4, 0.5) is 0 Å². The molecule has 1 fully saturated rings. The average molecular weight is 379 g/mol. The van der Waals surface area contributed by atoms with Crippen molar-refractivity contribution in [3.05, 3.63) is 81.0 Å². The first-order valence-electron chi connectivity index (χ1n) is 9.81. The summed E-state index contributed by atoms with van der Waals surface area (Å²) in [4.78, 5) is 29.9. The third-order valence-electron chi connectivity index (χ3n) is 5.75. The molecule has 28 heavy (non-hydrogen) atoms. The number of likely N-dealkylation sites (tertiary alicyclic amines) is 1. The van der Waals surface area contributed by atoms with E-state index >= 15 is 0 Å². The summed E-state index contributed by atoms with van der Waals surface area (Å²) < 4.78 is 1.28. The van der Waals surface area contributed by atoms with Gasteiger partial charge in [-0.2, -0.15) is 0 Å². The number of aliphatic hydroxyl groups excluding tert-OH is 1. The number of rotatable bonds is 5. The Bertz CT molecular complexity index is 1050. The van der Waals surface area contributed by atoms with Crippen molar-refractivity contribution in [3.8, 4) is 0 Å². The van der Waals surface area contributed by atoms with E-state index in [4.69, 9.17) is 0 Å². The van der Waals surface area contributed by atoms with E-state index in [1.165, 1.54) is 4.57 Å². The lowest BCUT2D eigenvalue weighted by molar-refractivity contribution is 0.0578. The van der Waals surface area contributed by atoms with Gasteiger partial charge in [-0.15, -0.1) is 0 Å². The number of para-hydroxylation sites is 1. The Labute approximate surface area is 163 Å². The Kier molecular flexibility index (Phi) is 5.41. The van der Waals surface area contributed by atoms with E-state index in [-0.39, 0.29) is 17.2 Å². The zero-order valence-electron chi connectivity index (χ0n) is 15.8. The molecule has 0 aliphatic carbocycles. The highest BCUT2D eigenvalue weighted by Crippen LogP contribution is 2.30. The maximum absolute atomic E-state index is 12.6. The normalized spacial score (nSPS) is 17.0. The minimum atomic E-state index is -0.436. The second-order valence-corrected chi connectivity index (χ2v) is 7.47. The summed E-state index contributed by atoms with van der Waals surface area (Å²) >= 11 is 0. The fraction of sp³-hybridized carbons (Fsp3) is 0.364. The third kappa shape index (κ3) is 3.79. The molecule has 0 bridgehead atoms. The van der Waals surface area contributed by atoms with Gasteiger partial charge in [0.1, 0.15) is 0 Å². The van der Waals surface area contributed by atoms with Gasteiger partial charge < -0.3 is 15.0 Å². The molecule has 1 aromatic heterocycles. The largest absolute Gasteiger partial charge is 0.388 e. The number of fused-ring (bicyclic) bond motifs is 1. The molecule has 2 aromatic carbocycles. The zero-order valence-corrected chi connectivity index (χ0v) is 15.8. The van der Waals surface area contributed by atoms with Crippen LogP contribution in [0.1, 0.15) is 24.5 Å². The number of aromatic nitrogens is 2. The number of benzene rings is 2. The molecule has 146 valence electrons. The van der Waals surface area contributed by atoms with E-state index in [9.17, 15) is 14.7 Å². The van der Waals surface area contributed by atoms with Gasteiger partial charge in [0.25, 0.3) is 5.56 Å². The molecule has 6 nitrogen and oxygen atoms in total. The van der Waals surface area contributed by atoms with Gasteiger partial charge in [-0.25, -0.2) is 4.79 Å². The second-order valence-electron chi connectivity index (χ2n) is 7.47. The number of hydrogen-bond donors (Lipinski definition) is 2. The molecular formula is C22H25N3O3. The Morgan fingerprint density at radius 2 is 1.64 bits per heavy atom. The molecule has 1 atom stereocenters. The SMILES string of the molecule is O=c1[nH]c2ccccc2c(=O)n1CCN1CCC(C(O)c2ccccc2)CC1. The molecule has 1 aliphatic rings. The lowest BCUT2D eigenvalue weighted by Crippen LogP contribution is -2.42. The predicted octanol–water partition coefficient (Wildman–Crippen LogP) is 2.14. The van der Waals surface area contributed by atoms with Gasteiger partial charge in [0.15, 0.2) is 0 Å². The molecule has 4 rings (SSSR count). The zero-order chi connectivity index (χ0) is 19.5. The molecule has 1 saturated heterocycles. The average Bonchev–Trinajstić information content (AvgIpc) is 2.74. The summed E-state index contributed by atoms with van der Waals surface area (Å²) in [5, 5.41) is 11.1. The Morgan fingerprint density at radius 3 is 2.39 bits per heavy atom. The van der Waals surface area contributed by atoms with Crippen LogP contribution in [0, 0.1) is 5.92 Å². The third-order valence-corrected chi connectivity index (χ3v) is 5.75. The Morgan fingerprint density at radius 1 is 0.964 bits per heavy atom. The van der Waals surface area contributed by atoms with Gasteiger partial charge in [0.05, 0.1) is 17.0 Å². The van der Waals surface area contributed by atoms with Crippen LogP contribution in [0.25, 0.3) is 10.9 Å². The minimum absolute atomic E-state index is 0.241. The van der Waals surface area contributed by atoms with Crippen molar-refractivity contribution < 1.29 is 5.11 Å². The number of piperidine rings is 1. The van der Waals surface area contributed by atoms with Gasteiger partial charge in [0, 0.05) is 13.1 Å². The van der Waals surface area contributed by atoms with E-state index in [1.54, 1.807) is 24.3 Å². The molecule has 2 heterocycles. The van der Waals surface area contributed by atoms with Crippen LogP contribution in [0.2, 0.25) is 0 Å². The molecule has 3 aromatic rings. The number of hydrogen-bond acceptors (Lipinski definition) is 4. The maximum atomic E-state index is 12.6. The number of aliphatic hydroxyl groups is 1. The summed E-state index contributed by atoms with van der Waals surface area (Å²) in [7, 11) is 0. The first-order valence-corrected chi connectivity index (χ1v) is 9.81. The maximum Gasteiger partial charge on any atom is 0.328 e. The van der Waals surface area contributed by atoms with Gasteiger partial charge in [0.2, 0.25) is 0 Å². The van der Waals surface area contributed by atoms with Crippen molar-refractivity contribution >= 4 is 10.9 Å². The summed E-state index contributed by atoms with van der Waals surface area (Å²) in [6.45, 7) is 2.73. The predicted molar refractivity (Wildman–Crippen MR) is 109 cm³/mol. The molecule has 6 heteroatoms. The van der Waals surface area contributed by atoms with Crippen molar-refractivity contribution in [1.29, 1.82) is 0 Å². The molecule has 1 aliphatic heterocycles. The van der Waals surface area contributed by atoms with E-state index in [0.29, 0.717) is 24.0 Å².